The molecule has 2 aromatic rings. The molecule has 0 fully saturated rings. The summed E-state index contributed by atoms with van der Waals surface area (Å²) in [6.45, 7) is 8.09. The molecule has 0 bridgehead atoms. The number of fused-ring (bicyclic) bond motifs is 1. The zero-order valence-corrected chi connectivity index (χ0v) is 15.3. The van der Waals surface area contributed by atoms with E-state index in [0.717, 1.165) is 34.6 Å². The average molecular weight is 339 g/mol. The summed E-state index contributed by atoms with van der Waals surface area (Å²) in [6, 6.07) is 13.7. The second kappa shape index (κ2) is 6.79. The third-order valence-electron chi connectivity index (χ3n) is 4.41. The highest BCUT2D eigenvalue weighted by Crippen LogP contribution is 2.39. The molecule has 0 spiro atoms. The number of benzene rings is 2. The van der Waals surface area contributed by atoms with Gasteiger partial charge in [0.05, 0.1) is 6.04 Å². The Morgan fingerprint density at radius 2 is 2.00 bits per heavy atom. The predicted molar refractivity (Wildman–Crippen MR) is 98.1 cm³/mol. The Morgan fingerprint density at radius 3 is 2.76 bits per heavy atom. The topological polar surface area (TPSA) is 47.6 Å². The maximum atomic E-state index is 12.4. The predicted octanol–water partition coefficient (Wildman–Crippen LogP) is 4.10. The van der Waals surface area contributed by atoms with Crippen LogP contribution in [0.3, 0.4) is 0 Å². The number of ether oxygens (including phenoxy) is 2. The molecular weight excluding hydrogens is 314 g/mol. The van der Waals surface area contributed by atoms with Gasteiger partial charge < -0.3 is 14.8 Å². The normalized spacial score (nSPS) is 18.0. The van der Waals surface area contributed by atoms with E-state index in [0.29, 0.717) is 0 Å². The van der Waals surface area contributed by atoms with Gasteiger partial charge in [-0.15, -0.1) is 0 Å². The standard InChI is InChI=1S/C21H25NO3/c1-14-9-10-19-16(11-14)17(12-21(3,4)25-19)22-20(23)13-24-18-8-6-5-7-15(18)2/h5-11,17H,12-13H2,1-4H3,(H,22,23). The molecule has 1 amide bonds. The number of para-hydroxylation sites is 1. The summed E-state index contributed by atoms with van der Waals surface area (Å²) in [5, 5.41) is 3.10. The van der Waals surface area contributed by atoms with Gasteiger partial charge >= 0.3 is 0 Å². The lowest BCUT2D eigenvalue weighted by Crippen LogP contribution is -2.42. The fourth-order valence-corrected chi connectivity index (χ4v) is 3.20. The number of rotatable bonds is 4. The lowest BCUT2D eigenvalue weighted by atomic mass is 9.89. The number of amides is 1. The van der Waals surface area contributed by atoms with E-state index in [9.17, 15) is 4.79 Å². The third kappa shape index (κ3) is 4.13. The first kappa shape index (κ1) is 17.3. The quantitative estimate of drug-likeness (QED) is 0.912. The van der Waals surface area contributed by atoms with Crippen LogP contribution in [0.15, 0.2) is 42.5 Å². The molecular formula is C21H25NO3. The number of hydrogen-bond acceptors (Lipinski definition) is 3. The minimum absolute atomic E-state index is 0.00376. The Kier molecular flexibility index (Phi) is 4.71. The Morgan fingerprint density at radius 1 is 1.24 bits per heavy atom. The number of nitrogens with one attached hydrogen (secondary N) is 1. The number of carbonyl (C=O) groups is 1. The zero-order chi connectivity index (χ0) is 18.0. The molecule has 0 saturated heterocycles. The van der Waals surface area contributed by atoms with Crippen LogP contribution >= 0.6 is 0 Å². The van der Waals surface area contributed by atoms with Gasteiger partial charge in [0.2, 0.25) is 0 Å². The van der Waals surface area contributed by atoms with Crippen molar-refractivity contribution in [3.05, 3.63) is 59.2 Å². The fraction of sp³-hybridized carbons (Fsp3) is 0.381. The Hall–Kier alpha value is -2.49. The maximum absolute atomic E-state index is 12.4. The van der Waals surface area contributed by atoms with Crippen LogP contribution < -0.4 is 14.8 Å². The summed E-state index contributed by atoms with van der Waals surface area (Å²) in [7, 11) is 0. The maximum Gasteiger partial charge on any atom is 0.258 e. The molecule has 4 nitrogen and oxygen atoms in total. The van der Waals surface area contributed by atoms with E-state index in [1.807, 2.05) is 64.1 Å². The molecule has 0 radical (unpaired) electrons. The van der Waals surface area contributed by atoms with E-state index in [1.165, 1.54) is 0 Å². The minimum atomic E-state index is -0.322. The van der Waals surface area contributed by atoms with Crippen molar-refractivity contribution in [3.63, 3.8) is 0 Å². The van der Waals surface area contributed by atoms with Gasteiger partial charge in [0.1, 0.15) is 17.1 Å². The minimum Gasteiger partial charge on any atom is -0.487 e. The Bertz CT molecular complexity index is 782. The van der Waals surface area contributed by atoms with E-state index in [-0.39, 0.29) is 24.2 Å². The van der Waals surface area contributed by atoms with Crippen molar-refractivity contribution in [2.45, 2.75) is 45.8 Å². The highest BCUT2D eigenvalue weighted by atomic mass is 16.5. The molecule has 132 valence electrons. The summed E-state index contributed by atoms with van der Waals surface area (Å²) < 4.78 is 11.7. The highest BCUT2D eigenvalue weighted by Gasteiger charge is 2.34. The van der Waals surface area contributed by atoms with Gasteiger partial charge in [-0.2, -0.15) is 0 Å². The first-order valence-electron chi connectivity index (χ1n) is 8.61. The first-order valence-corrected chi connectivity index (χ1v) is 8.61. The molecule has 0 aliphatic carbocycles. The van der Waals surface area contributed by atoms with E-state index < -0.39 is 0 Å². The summed E-state index contributed by atoms with van der Waals surface area (Å²) in [4.78, 5) is 12.4. The molecule has 4 heteroatoms. The van der Waals surface area contributed by atoms with Crippen LogP contribution in [0.4, 0.5) is 0 Å². The lowest BCUT2D eigenvalue weighted by Gasteiger charge is -2.38. The molecule has 1 N–H and O–H groups in total. The molecule has 3 rings (SSSR count). The van der Waals surface area contributed by atoms with E-state index in [4.69, 9.17) is 9.47 Å². The van der Waals surface area contributed by atoms with Crippen molar-refractivity contribution in [3.8, 4) is 11.5 Å². The van der Waals surface area contributed by atoms with Gasteiger partial charge in [0.25, 0.3) is 5.91 Å². The van der Waals surface area contributed by atoms with Crippen LogP contribution in [-0.4, -0.2) is 18.1 Å². The zero-order valence-electron chi connectivity index (χ0n) is 15.3. The first-order chi connectivity index (χ1) is 11.8. The number of aryl methyl sites for hydroxylation is 2. The molecule has 0 saturated carbocycles. The largest absolute Gasteiger partial charge is 0.487 e. The molecule has 1 aliphatic rings. The number of carbonyl (C=O) groups excluding carboxylic acids is 1. The molecule has 0 aromatic heterocycles. The van der Waals surface area contributed by atoms with Crippen LogP contribution in [0, 0.1) is 13.8 Å². The van der Waals surface area contributed by atoms with Gasteiger partial charge in [0, 0.05) is 12.0 Å². The second-order valence-electron chi connectivity index (χ2n) is 7.28. The molecule has 1 heterocycles. The van der Waals surface area contributed by atoms with Gasteiger partial charge in [0.15, 0.2) is 6.61 Å². The van der Waals surface area contributed by atoms with Crippen LogP contribution in [0.5, 0.6) is 11.5 Å². The molecule has 25 heavy (non-hydrogen) atoms. The van der Waals surface area contributed by atoms with Gasteiger partial charge in [-0.3, -0.25) is 4.79 Å². The lowest BCUT2D eigenvalue weighted by molar-refractivity contribution is -0.124. The van der Waals surface area contributed by atoms with Crippen LogP contribution in [0.2, 0.25) is 0 Å². The monoisotopic (exact) mass is 339 g/mol. The smallest absolute Gasteiger partial charge is 0.258 e. The van der Waals surface area contributed by atoms with Gasteiger partial charge in [-0.25, -0.2) is 0 Å². The van der Waals surface area contributed by atoms with Gasteiger partial charge in [-0.1, -0.05) is 35.9 Å². The van der Waals surface area contributed by atoms with Crippen molar-refractivity contribution in [1.82, 2.24) is 5.32 Å². The van der Waals surface area contributed by atoms with Crippen molar-refractivity contribution in [2.24, 2.45) is 0 Å². The molecule has 1 aliphatic heterocycles. The van der Waals surface area contributed by atoms with Crippen LogP contribution in [0.25, 0.3) is 0 Å². The summed E-state index contributed by atoms with van der Waals surface area (Å²) >= 11 is 0. The van der Waals surface area contributed by atoms with E-state index in [1.54, 1.807) is 0 Å². The SMILES string of the molecule is Cc1ccc2c(c1)C(NC(=O)COc1ccccc1C)CC(C)(C)O2. The third-order valence-corrected chi connectivity index (χ3v) is 4.41. The van der Waals surface area contributed by atoms with Gasteiger partial charge in [-0.05, 0) is 45.4 Å². The average Bonchev–Trinajstić information content (AvgIpc) is 2.54. The summed E-state index contributed by atoms with van der Waals surface area (Å²) in [5.41, 5.74) is 2.88. The van der Waals surface area contributed by atoms with Crippen molar-refractivity contribution >= 4 is 5.91 Å². The van der Waals surface area contributed by atoms with Crippen molar-refractivity contribution in [1.29, 1.82) is 0 Å². The fourth-order valence-electron chi connectivity index (χ4n) is 3.20. The number of hydrogen-bond donors (Lipinski definition) is 1. The van der Waals surface area contributed by atoms with E-state index >= 15 is 0 Å². The van der Waals surface area contributed by atoms with Crippen LogP contribution in [0.1, 0.15) is 43.0 Å². The van der Waals surface area contributed by atoms with Crippen LogP contribution in [-0.2, 0) is 4.79 Å². The Balaban J connectivity index is 1.70. The Labute approximate surface area is 149 Å². The van der Waals surface area contributed by atoms with Crippen molar-refractivity contribution in [2.75, 3.05) is 6.61 Å². The van der Waals surface area contributed by atoms with E-state index in [2.05, 4.69) is 11.4 Å². The second-order valence-corrected chi connectivity index (χ2v) is 7.28. The summed E-state index contributed by atoms with van der Waals surface area (Å²) in [6.07, 6.45) is 0.722. The molecule has 2 aromatic carbocycles. The molecule has 1 atom stereocenters. The highest BCUT2D eigenvalue weighted by molar-refractivity contribution is 5.78. The molecule has 1 unspecified atom stereocenters. The van der Waals surface area contributed by atoms with Crippen molar-refractivity contribution < 1.29 is 14.3 Å². The summed E-state index contributed by atoms with van der Waals surface area (Å²) in [5.74, 6) is 1.45.